The Morgan fingerprint density at radius 2 is 1.58 bits per heavy atom. The smallest absolute Gasteiger partial charge is 0.416 e. The highest BCUT2D eigenvalue weighted by Crippen LogP contribution is 2.77. The average Bonchev–Trinajstić information content (AvgIpc) is 2.55. The van der Waals surface area contributed by atoms with Crippen molar-refractivity contribution in [1.29, 1.82) is 0 Å². The molecule has 5 heteroatoms. The number of ether oxygens (including phenoxy) is 1. The fourth-order valence-corrected chi connectivity index (χ4v) is 4.51. The Morgan fingerprint density at radius 1 is 1.04 bits per heavy atom. The van der Waals surface area contributed by atoms with E-state index in [1.165, 1.54) is 19.2 Å². The molecule has 2 nitrogen and oxygen atoms in total. The molecular formula is C19H19F3O2. The number of hydrogen-bond acceptors (Lipinski definition) is 2. The number of fused-ring (bicyclic) bond motifs is 1. The van der Waals surface area contributed by atoms with Gasteiger partial charge in [-0.2, -0.15) is 13.2 Å². The van der Waals surface area contributed by atoms with Gasteiger partial charge in [0.15, 0.2) is 0 Å². The van der Waals surface area contributed by atoms with E-state index in [0.29, 0.717) is 11.1 Å². The van der Waals surface area contributed by atoms with E-state index in [1.54, 1.807) is 6.07 Å². The number of halogens is 3. The highest BCUT2D eigenvalue weighted by Gasteiger charge is 2.70. The molecule has 0 spiro atoms. The van der Waals surface area contributed by atoms with Gasteiger partial charge in [-0.15, -0.1) is 0 Å². The maximum absolute atomic E-state index is 13.5. The second-order valence-electron chi connectivity index (χ2n) is 6.78. The van der Waals surface area contributed by atoms with Crippen molar-refractivity contribution in [2.45, 2.75) is 33.9 Å². The first-order valence-electron chi connectivity index (χ1n) is 7.71. The van der Waals surface area contributed by atoms with E-state index in [9.17, 15) is 18.0 Å². The standard InChI is InChI=1S/C19H19F3O2/c1-10-11(2)18(4)15(16(23)24-5)14(17(10,18)3)12-8-6-7-9-13(12)19(20,21)22/h6-9H,1-5H3. The molecule has 0 amide bonds. The van der Waals surface area contributed by atoms with Crippen LogP contribution in [0.1, 0.15) is 38.8 Å². The lowest BCUT2D eigenvalue weighted by Gasteiger charge is -2.67. The molecule has 2 unspecified atom stereocenters. The van der Waals surface area contributed by atoms with Crippen molar-refractivity contribution in [1.82, 2.24) is 0 Å². The number of benzene rings is 1. The van der Waals surface area contributed by atoms with Gasteiger partial charge in [-0.1, -0.05) is 43.2 Å². The second kappa shape index (κ2) is 4.74. The van der Waals surface area contributed by atoms with E-state index >= 15 is 0 Å². The van der Waals surface area contributed by atoms with Crippen LogP contribution in [0.15, 0.2) is 41.0 Å². The summed E-state index contributed by atoms with van der Waals surface area (Å²) in [6, 6.07) is 5.42. The van der Waals surface area contributed by atoms with Crippen molar-refractivity contribution in [2.24, 2.45) is 10.8 Å². The van der Waals surface area contributed by atoms with Crippen molar-refractivity contribution >= 4 is 11.5 Å². The summed E-state index contributed by atoms with van der Waals surface area (Å²) in [5, 5.41) is 0. The molecule has 1 aromatic carbocycles. The summed E-state index contributed by atoms with van der Waals surface area (Å²) in [6.45, 7) is 7.65. The number of esters is 1. The molecule has 0 radical (unpaired) electrons. The number of hydrogen-bond donors (Lipinski definition) is 0. The second-order valence-corrected chi connectivity index (χ2v) is 6.78. The van der Waals surface area contributed by atoms with Crippen LogP contribution in [-0.4, -0.2) is 13.1 Å². The first-order valence-corrected chi connectivity index (χ1v) is 7.71. The minimum atomic E-state index is -4.48. The number of rotatable bonds is 2. The van der Waals surface area contributed by atoms with Crippen molar-refractivity contribution in [2.75, 3.05) is 7.11 Å². The third kappa shape index (κ3) is 1.65. The largest absolute Gasteiger partial charge is 0.466 e. The number of alkyl halides is 3. The van der Waals surface area contributed by atoms with Crippen molar-refractivity contribution in [3.63, 3.8) is 0 Å². The number of carbonyl (C=O) groups is 1. The van der Waals surface area contributed by atoms with Crippen LogP contribution >= 0.6 is 0 Å². The van der Waals surface area contributed by atoms with Crippen LogP contribution in [0.5, 0.6) is 0 Å². The molecule has 0 saturated carbocycles. The average molecular weight is 336 g/mol. The van der Waals surface area contributed by atoms with E-state index in [-0.39, 0.29) is 5.56 Å². The van der Waals surface area contributed by atoms with Crippen LogP contribution in [0.3, 0.4) is 0 Å². The predicted molar refractivity (Wildman–Crippen MR) is 85.0 cm³/mol. The van der Waals surface area contributed by atoms with Gasteiger partial charge in [0.1, 0.15) is 0 Å². The predicted octanol–water partition coefficient (Wildman–Crippen LogP) is 5.01. The molecule has 24 heavy (non-hydrogen) atoms. The topological polar surface area (TPSA) is 26.3 Å². The first-order chi connectivity index (χ1) is 11.0. The maximum Gasteiger partial charge on any atom is 0.416 e. The van der Waals surface area contributed by atoms with Crippen molar-refractivity contribution in [3.8, 4) is 0 Å². The fraction of sp³-hybridized carbons (Fsp3) is 0.421. The molecule has 0 aliphatic heterocycles. The first kappa shape index (κ1) is 16.8. The summed E-state index contributed by atoms with van der Waals surface area (Å²) in [5.74, 6) is -0.561. The van der Waals surface area contributed by atoms with Gasteiger partial charge in [-0.25, -0.2) is 4.79 Å². The van der Waals surface area contributed by atoms with E-state index in [0.717, 1.165) is 17.2 Å². The molecule has 0 heterocycles. The molecule has 3 rings (SSSR count). The zero-order valence-corrected chi connectivity index (χ0v) is 14.3. The summed E-state index contributed by atoms with van der Waals surface area (Å²) in [5.41, 5.74) is 1.02. The third-order valence-corrected chi connectivity index (χ3v) is 6.20. The number of methoxy groups -OCH3 is 1. The van der Waals surface area contributed by atoms with Gasteiger partial charge in [0.25, 0.3) is 0 Å². The number of carbonyl (C=O) groups excluding carboxylic acids is 1. The van der Waals surface area contributed by atoms with Gasteiger partial charge < -0.3 is 4.74 Å². The van der Waals surface area contributed by atoms with E-state index < -0.39 is 28.5 Å². The van der Waals surface area contributed by atoms with Gasteiger partial charge >= 0.3 is 12.1 Å². The molecule has 1 aromatic rings. The Bertz CT molecular complexity index is 816. The van der Waals surface area contributed by atoms with Gasteiger partial charge in [0.05, 0.1) is 18.2 Å². The molecular weight excluding hydrogens is 317 g/mol. The van der Waals surface area contributed by atoms with E-state index in [1.807, 2.05) is 27.7 Å². The van der Waals surface area contributed by atoms with Crippen LogP contribution in [0, 0.1) is 10.8 Å². The molecule has 0 bridgehead atoms. The zero-order chi connectivity index (χ0) is 18.1. The summed E-state index contributed by atoms with van der Waals surface area (Å²) in [6.07, 6.45) is -4.48. The van der Waals surface area contributed by atoms with E-state index in [4.69, 9.17) is 4.74 Å². The quantitative estimate of drug-likeness (QED) is 0.561. The Hall–Kier alpha value is -2.04. The van der Waals surface area contributed by atoms with Crippen LogP contribution < -0.4 is 0 Å². The Kier molecular flexibility index (Phi) is 3.32. The molecule has 0 aromatic heterocycles. The SMILES string of the molecule is COC(=O)C1=C(c2ccccc2C(F)(F)F)C2(C)C(C)=C(C)C12C. The molecule has 2 aliphatic rings. The Morgan fingerprint density at radius 3 is 2.12 bits per heavy atom. The van der Waals surface area contributed by atoms with Gasteiger partial charge in [0.2, 0.25) is 0 Å². The van der Waals surface area contributed by atoms with Crippen LogP contribution in [0.25, 0.3) is 5.57 Å². The maximum atomic E-state index is 13.5. The summed E-state index contributed by atoms with van der Waals surface area (Å²) in [7, 11) is 1.26. The Labute approximate surface area is 139 Å². The summed E-state index contributed by atoms with van der Waals surface area (Å²) in [4.78, 5) is 12.3. The molecule has 2 atom stereocenters. The van der Waals surface area contributed by atoms with Gasteiger partial charge in [-0.05, 0) is 31.1 Å². The normalized spacial score (nSPS) is 29.0. The molecule has 0 fully saturated rings. The highest BCUT2D eigenvalue weighted by molar-refractivity contribution is 6.09. The summed E-state index contributed by atoms with van der Waals surface area (Å²) < 4.78 is 45.3. The molecule has 2 aliphatic carbocycles. The van der Waals surface area contributed by atoms with Gasteiger partial charge in [0, 0.05) is 10.8 Å². The lowest BCUT2D eigenvalue weighted by Crippen LogP contribution is -2.60. The number of allylic oxidation sites excluding steroid dienone is 3. The minimum absolute atomic E-state index is 0.0669. The van der Waals surface area contributed by atoms with Crippen molar-refractivity contribution in [3.05, 3.63) is 52.1 Å². The van der Waals surface area contributed by atoms with Crippen molar-refractivity contribution < 1.29 is 22.7 Å². The zero-order valence-electron chi connectivity index (χ0n) is 14.3. The van der Waals surface area contributed by atoms with Crippen LogP contribution in [0.4, 0.5) is 13.2 Å². The minimum Gasteiger partial charge on any atom is -0.466 e. The van der Waals surface area contributed by atoms with Crippen LogP contribution in [-0.2, 0) is 15.7 Å². The molecule has 0 saturated heterocycles. The van der Waals surface area contributed by atoms with Gasteiger partial charge in [-0.3, -0.25) is 0 Å². The monoisotopic (exact) mass is 336 g/mol. The lowest BCUT2D eigenvalue weighted by molar-refractivity contribution is -0.140. The molecule has 128 valence electrons. The third-order valence-electron chi connectivity index (χ3n) is 6.20. The van der Waals surface area contributed by atoms with Crippen LogP contribution in [0.2, 0.25) is 0 Å². The summed E-state index contributed by atoms with van der Waals surface area (Å²) >= 11 is 0. The Balaban J connectivity index is 2.32. The molecule has 0 N–H and O–H groups in total. The van der Waals surface area contributed by atoms with E-state index in [2.05, 4.69) is 0 Å². The fourth-order valence-electron chi connectivity index (χ4n) is 4.51. The highest BCUT2D eigenvalue weighted by atomic mass is 19.4. The lowest BCUT2D eigenvalue weighted by atomic mass is 9.34.